The van der Waals surface area contributed by atoms with Crippen molar-refractivity contribution in [1.29, 1.82) is 0 Å². The van der Waals surface area contributed by atoms with Crippen LogP contribution in [-0.2, 0) is 10.2 Å². The molecule has 2 heterocycles. The van der Waals surface area contributed by atoms with Crippen molar-refractivity contribution in [1.82, 2.24) is 4.90 Å². The van der Waals surface area contributed by atoms with E-state index in [4.69, 9.17) is 0 Å². The Labute approximate surface area is 166 Å². The monoisotopic (exact) mass is 365 g/mol. The molecule has 1 atom stereocenters. The maximum Gasteiger partial charge on any atom is 0.250 e. The largest absolute Gasteiger partial charge is 0.334 e. The van der Waals surface area contributed by atoms with E-state index in [-0.39, 0.29) is 17.4 Å². The molecule has 0 bridgehead atoms. The number of carbonyl (C=O) groups excluding carboxylic acids is 1. The summed E-state index contributed by atoms with van der Waals surface area (Å²) >= 11 is 0. The van der Waals surface area contributed by atoms with Crippen molar-refractivity contribution in [3.63, 3.8) is 0 Å². The molecule has 0 N–H and O–H groups in total. The summed E-state index contributed by atoms with van der Waals surface area (Å²) in [5.41, 5.74) is 4.52. The lowest BCUT2D eigenvalue weighted by molar-refractivity contribution is -0.125. The van der Waals surface area contributed by atoms with Gasteiger partial charge in [0.2, 0.25) is 5.91 Å². The molecule has 0 radical (unpaired) electrons. The van der Waals surface area contributed by atoms with Gasteiger partial charge in [-0.2, -0.15) is 0 Å². The highest BCUT2D eigenvalue weighted by Gasteiger charge is 2.51. The third-order valence-electron chi connectivity index (χ3n) is 6.25. The van der Waals surface area contributed by atoms with E-state index in [0.717, 1.165) is 30.5 Å². The van der Waals surface area contributed by atoms with Gasteiger partial charge in [0.25, 0.3) is 0 Å². The maximum atomic E-state index is 13.2. The van der Waals surface area contributed by atoms with E-state index in [0.29, 0.717) is 0 Å². The second-order valence-electron chi connectivity index (χ2n) is 7.89. The minimum absolute atomic E-state index is 0.124. The van der Waals surface area contributed by atoms with Gasteiger partial charge in [0.05, 0.1) is 0 Å². The summed E-state index contributed by atoms with van der Waals surface area (Å²) in [6.07, 6.45) is 3.86. The van der Waals surface area contributed by atoms with Crippen LogP contribution < -0.4 is 0 Å². The molecule has 3 aromatic carbocycles. The van der Waals surface area contributed by atoms with Crippen LogP contribution in [0.1, 0.15) is 29.5 Å². The summed E-state index contributed by atoms with van der Waals surface area (Å²) < 4.78 is 0. The zero-order chi connectivity index (χ0) is 19.0. The normalized spacial score (nSPS) is 21.9. The standard InChI is InChI=1S/C26H23NO/c28-25-21(16-20-10-4-1-5-11-20)17-24-18-26(19-27(24)25,22-12-6-2-7-13-22)23-14-8-3-9-15-23/h1-16,24H,17-19H2/b21-16+/t24-/m0/s1. The molecule has 1 amide bonds. The van der Waals surface area contributed by atoms with Gasteiger partial charge in [-0.1, -0.05) is 91.0 Å². The fourth-order valence-corrected chi connectivity index (χ4v) is 4.91. The Morgan fingerprint density at radius 1 is 0.786 bits per heavy atom. The highest BCUT2D eigenvalue weighted by Crippen LogP contribution is 2.48. The summed E-state index contributed by atoms with van der Waals surface area (Å²) in [7, 11) is 0. The van der Waals surface area contributed by atoms with Gasteiger partial charge < -0.3 is 4.90 Å². The van der Waals surface area contributed by atoms with Gasteiger partial charge in [-0.25, -0.2) is 0 Å². The van der Waals surface area contributed by atoms with Crippen molar-refractivity contribution in [2.24, 2.45) is 0 Å². The van der Waals surface area contributed by atoms with E-state index in [9.17, 15) is 4.79 Å². The van der Waals surface area contributed by atoms with Crippen LogP contribution >= 0.6 is 0 Å². The van der Waals surface area contributed by atoms with Crippen molar-refractivity contribution >= 4 is 12.0 Å². The zero-order valence-corrected chi connectivity index (χ0v) is 15.8. The van der Waals surface area contributed by atoms with Crippen LogP contribution in [0.5, 0.6) is 0 Å². The Morgan fingerprint density at radius 3 is 1.86 bits per heavy atom. The van der Waals surface area contributed by atoms with E-state index in [1.807, 2.05) is 18.2 Å². The zero-order valence-electron chi connectivity index (χ0n) is 15.8. The fourth-order valence-electron chi connectivity index (χ4n) is 4.91. The van der Waals surface area contributed by atoms with Crippen LogP contribution in [0.15, 0.2) is 96.6 Å². The van der Waals surface area contributed by atoms with Gasteiger partial charge in [-0.15, -0.1) is 0 Å². The summed E-state index contributed by atoms with van der Waals surface area (Å²) in [5, 5.41) is 0. The lowest BCUT2D eigenvalue weighted by atomic mass is 9.72. The minimum Gasteiger partial charge on any atom is -0.334 e. The van der Waals surface area contributed by atoms with Crippen LogP contribution in [0, 0.1) is 0 Å². The SMILES string of the molecule is O=C1/C(=C/c2ccccc2)C[C@H]2CC(c3ccccc3)(c3ccccc3)CN12. The molecule has 2 saturated heterocycles. The summed E-state index contributed by atoms with van der Waals surface area (Å²) in [6, 6.07) is 31.8. The number of hydrogen-bond acceptors (Lipinski definition) is 1. The van der Waals surface area contributed by atoms with Crippen molar-refractivity contribution in [3.05, 3.63) is 113 Å². The number of fused-ring (bicyclic) bond motifs is 1. The first kappa shape index (κ1) is 17.0. The lowest BCUT2D eigenvalue weighted by Gasteiger charge is -2.31. The average Bonchev–Trinajstić information content (AvgIpc) is 3.27. The molecule has 0 saturated carbocycles. The first-order valence-electron chi connectivity index (χ1n) is 9.94. The summed E-state index contributed by atoms with van der Waals surface area (Å²) in [6.45, 7) is 0.747. The van der Waals surface area contributed by atoms with Gasteiger partial charge in [0.1, 0.15) is 0 Å². The Balaban J connectivity index is 1.51. The van der Waals surface area contributed by atoms with Crippen LogP contribution in [-0.4, -0.2) is 23.4 Å². The van der Waals surface area contributed by atoms with Crippen molar-refractivity contribution in [2.75, 3.05) is 6.54 Å². The van der Waals surface area contributed by atoms with Gasteiger partial charge >= 0.3 is 0 Å². The van der Waals surface area contributed by atoms with Gasteiger partial charge in [-0.3, -0.25) is 4.79 Å². The van der Waals surface area contributed by atoms with Gasteiger partial charge in [-0.05, 0) is 35.6 Å². The number of rotatable bonds is 3. The van der Waals surface area contributed by atoms with Crippen LogP contribution in [0.2, 0.25) is 0 Å². The molecule has 2 nitrogen and oxygen atoms in total. The maximum absolute atomic E-state index is 13.2. The minimum atomic E-state index is -0.124. The number of amides is 1. The van der Waals surface area contributed by atoms with Crippen LogP contribution in [0.4, 0.5) is 0 Å². The molecule has 3 aromatic rings. The molecule has 0 aromatic heterocycles. The number of carbonyl (C=O) groups is 1. The third kappa shape index (κ3) is 2.77. The Hall–Kier alpha value is -3.13. The Bertz CT molecular complexity index is 969. The molecule has 0 unspecified atom stereocenters. The van der Waals surface area contributed by atoms with E-state index >= 15 is 0 Å². The van der Waals surface area contributed by atoms with E-state index in [1.165, 1.54) is 11.1 Å². The molecular formula is C26H23NO. The number of hydrogen-bond donors (Lipinski definition) is 0. The predicted octanol–water partition coefficient (Wildman–Crippen LogP) is 5.06. The summed E-state index contributed by atoms with van der Waals surface area (Å²) in [5.74, 6) is 0.197. The molecule has 2 fully saturated rings. The topological polar surface area (TPSA) is 20.3 Å². The average molecular weight is 365 g/mol. The first-order chi connectivity index (χ1) is 13.8. The molecule has 2 aliphatic rings. The van der Waals surface area contributed by atoms with Crippen molar-refractivity contribution in [2.45, 2.75) is 24.3 Å². The van der Waals surface area contributed by atoms with Gasteiger partial charge in [0.15, 0.2) is 0 Å². The number of benzene rings is 3. The van der Waals surface area contributed by atoms with E-state index < -0.39 is 0 Å². The van der Waals surface area contributed by atoms with E-state index in [2.05, 4.69) is 83.8 Å². The molecular weight excluding hydrogens is 342 g/mol. The van der Waals surface area contributed by atoms with E-state index in [1.54, 1.807) is 0 Å². The summed E-state index contributed by atoms with van der Waals surface area (Å²) in [4.78, 5) is 15.3. The second kappa shape index (κ2) is 6.79. The highest BCUT2D eigenvalue weighted by atomic mass is 16.2. The first-order valence-corrected chi connectivity index (χ1v) is 9.94. The Morgan fingerprint density at radius 2 is 1.32 bits per heavy atom. The smallest absolute Gasteiger partial charge is 0.250 e. The van der Waals surface area contributed by atoms with Crippen LogP contribution in [0.25, 0.3) is 6.08 Å². The third-order valence-corrected chi connectivity index (χ3v) is 6.25. The molecule has 0 aliphatic carbocycles. The molecule has 0 spiro atoms. The quantitative estimate of drug-likeness (QED) is 0.594. The molecule has 28 heavy (non-hydrogen) atoms. The molecule has 138 valence electrons. The van der Waals surface area contributed by atoms with Gasteiger partial charge in [0, 0.05) is 23.6 Å². The lowest BCUT2D eigenvalue weighted by Crippen LogP contribution is -2.34. The fraction of sp³-hybridized carbons (Fsp3) is 0.192. The Kier molecular flexibility index (Phi) is 4.12. The molecule has 5 rings (SSSR count). The highest BCUT2D eigenvalue weighted by molar-refractivity contribution is 6.00. The van der Waals surface area contributed by atoms with Crippen molar-refractivity contribution in [3.8, 4) is 0 Å². The number of nitrogens with zero attached hydrogens (tertiary/aromatic N) is 1. The molecule has 2 aliphatic heterocycles. The predicted molar refractivity (Wildman–Crippen MR) is 113 cm³/mol. The van der Waals surface area contributed by atoms with Crippen molar-refractivity contribution < 1.29 is 4.79 Å². The second-order valence-corrected chi connectivity index (χ2v) is 7.89. The van der Waals surface area contributed by atoms with Crippen LogP contribution in [0.3, 0.4) is 0 Å². The molecule has 2 heteroatoms.